The van der Waals surface area contributed by atoms with E-state index in [9.17, 15) is 14.4 Å². The number of nitrogens with one attached hydrogen (secondary N) is 2. The summed E-state index contributed by atoms with van der Waals surface area (Å²) in [5, 5.41) is 3.78. The summed E-state index contributed by atoms with van der Waals surface area (Å²) in [5.74, 6) is -1.43. The first kappa shape index (κ1) is 29.9. The predicted molar refractivity (Wildman–Crippen MR) is 148 cm³/mol. The second-order valence-electron chi connectivity index (χ2n) is 10.1. The van der Waals surface area contributed by atoms with Gasteiger partial charge in [-0.15, -0.1) is 0 Å². The number of esters is 2. The van der Waals surface area contributed by atoms with Crippen LogP contribution in [-0.2, 0) is 39.8 Å². The fourth-order valence-electron chi connectivity index (χ4n) is 4.79. The van der Waals surface area contributed by atoms with Crippen LogP contribution in [0.25, 0.3) is 10.9 Å². The summed E-state index contributed by atoms with van der Waals surface area (Å²) in [6, 6.07) is 5.96. The van der Waals surface area contributed by atoms with Gasteiger partial charge in [-0.1, -0.05) is 18.2 Å². The summed E-state index contributed by atoms with van der Waals surface area (Å²) in [7, 11) is 0. The van der Waals surface area contributed by atoms with Crippen molar-refractivity contribution in [2.75, 3.05) is 78.9 Å². The number of carbonyl (C=O) groups is 3. The monoisotopic (exact) mass is 559 g/mol. The molecule has 12 heteroatoms. The van der Waals surface area contributed by atoms with Gasteiger partial charge in [-0.2, -0.15) is 0 Å². The van der Waals surface area contributed by atoms with Crippen LogP contribution >= 0.6 is 0 Å². The van der Waals surface area contributed by atoms with Crippen LogP contribution in [0.1, 0.15) is 18.4 Å². The van der Waals surface area contributed by atoms with Crippen LogP contribution in [0.5, 0.6) is 0 Å². The molecule has 1 aromatic carbocycles. The maximum atomic E-state index is 13.1. The lowest BCUT2D eigenvalue weighted by atomic mass is 10.0. The van der Waals surface area contributed by atoms with E-state index in [1.807, 2.05) is 30.5 Å². The van der Waals surface area contributed by atoms with Crippen LogP contribution in [0.4, 0.5) is 0 Å². The number of amides is 1. The van der Waals surface area contributed by atoms with Gasteiger partial charge in [0.05, 0.1) is 26.4 Å². The molecule has 0 radical (unpaired) electrons. The molecule has 0 saturated carbocycles. The van der Waals surface area contributed by atoms with Crippen LogP contribution in [-0.4, -0.2) is 124 Å². The van der Waals surface area contributed by atoms with Gasteiger partial charge in [0.15, 0.2) is 0 Å². The maximum absolute atomic E-state index is 13.1. The minimum absolute atomic E-state index is 0.0226. The van der Waals surface area contributed by atoms with Gasteiger partial charge in [0.2, 0.25) is 5.91 Å². The molecule has 2 saturated heterocycles. The van der Waals surface area contributed by atoms with Gasteiger partial charge in [-0.3, -0.25) is 19.4 Å². The fraction of sp³-hybridized carbons (Fsp3) is 0.607. The van der Waals surface area contributed by atoms with Crippen molar-refractivity contribution in [3.8, 4) is 0 Å². The molecule has 2 atom stereocenters. The van der Waals surface area contributed by atoms with Crippen LogP contribution < -0.4 is 11.1 Å². The highest BCUT2D eigenvalue weighted by molar-refractivity contribution is 5.87. The van der Waals surface area contributed by atoms with Crippen molar-refractivity contribution >= 4 is 28.7 Å². The molecule has 2 fully saturated rings. The lowest BCUT2D eigenvalue weighted by Crippen LogP contribution is -2.45. The predicted octanol–water partition coefficient (Wildman–Crippen LogP) is 0.0535. The number of carbonyl (C=O) groups excluding carboxylic acids is 3. The Morgan fingerprint density at radius 1 is 0.925 bits per heavy atom. The molecule has 1 amide bonds. The summed E-state index contributed by atoms with van der Waals surface area (Å²) in [6.07, 6.45) is 2.19. The molecule has 4 N–H and O–H groups in total. The second kappa shape index (κ2) is 15.7. The van der Waals surface area contributed by atoms with Crippen molar-refractivity contribution < 1.29 is 33.3 Å². The van der Waals surface area contributed by atoms with E-state index in [0.717, 1.165) is 42.6 Å². The first-order valence-electron chi connectivity index (χ1n) is 14.0. The van der Waals surface area contributed by atoms with E-state index in [0.29, 0.717) is 39.5 Å². The molecule has 2 aliphatic rings. The third-order valence-corrected chi connectivity index (χ3v) is 7.21. The van der Waals surface area contributed by atoms with Crippen LogP contribution in [0, 0.1) is 0 Å². The number of rotatable bonds is 14. The van der Waals surface area contributed by atoms with Crippen molar-refractivity contribution in [1.82, 2.24) is 20.1 Å². The van der Waals surface area contributed by atoms with E-state index in [2.05, 4.69) is 20.1 Å². The molecule has 4 rings (SSSR count). The maximum Gasteiger partial charge on any atom is 0.329 e. The normalized spacial score (nSPS) is 18.2. The van der Waals surface area contributed by atoms with E-state index in [1.165, 1.54) is 0 Å². The Balaban J connectivity index is 1.26. The number of hydrogen-bond acceptors (Lipinski definition) is 10. The molecule has 40 heavy (non-hydrogen) atoms. The SMILES string of the molecule is N[C@H](CCC(=O)NC(Cc1c[nH]c2ccccc12)C(=O)OCCN1CCOCC1)C(=O)OCCN1CCOCC1. The van der Waals surface area contributed by atoms with Crippen LogP contribution in [0.3, 0.4) is 0 Å². The average Bonchev–Trinajstić information content (AvgIpc) is 3.39. The number of morpholine rings is 2. The van der Waals surface area contributed by atoms with Gasteiger partial charge >= 0.3 is 11.9 Å². The third-order valence-electron chi connectivity index (χ3n) is 7.21. The number of ether oxygens (including phenoxy) is 4. The quantitative estimate of drug-likeness (QED) is 0.271. The number of nitrogens with zero attached hydrogens (tertiary/aromatic N) is 2. The van der Waals surface area contributed by atoms with Crippen molar-refractivity contribution in [1.29, 1.82) is 0 Å². The van der Waals surface area contributed by atoms with Gasteiger partial charge < -0.3 is 35.0 Å². The number of fused-ring (bicyclic) bond motifs is 1. The molecule has 0 bridgehead atoms. The summed E-state index contributed by atoms with van der Waals surface area (Å²) in [6.45, 7) is 7.55. The molecular weight excluding hydrogens is 518 g/mol. The number of nitrogens with two attached hydrogens (primary N) is 1. The number of hydrogen-bond donors (Lipinski definition) is 3. The lowest BCUT2D eigenvalue weighted by Gasteiger charge is -2.26. The van der Waals surface area contributed by atoms with Gasteiger partial charge in [-0.05, 0) is 18.1 Å². The first-order chi connectivity index (χ1) is 19.5. The zero-order chi connectivity index (χ0) is 28.2. The van der Waals surface area contributed by atoms with E-state index in [4.69, 9.17) is 24.7 Å². The Hall–Kier alpha value is -3.03. The standard InChI is InChI=1S/C28H41N5O7/c29-23(27(35)39-17-11-32-7-13-37-14-8-32)5-6-26(34)31-25(19-21-20-30-24-4-2-1-3-22(21)24)28(36)40-18-12-33-9-15-38-16-10-33/h1-4,20,23,25,30H,5-19,29H2,(H,31,34)/t23-,25?/m1/s1. The third kappa shape index (κ3) is 9.27. The van der Waals surface area contributed by atoms with Crippen molar-refractivity contribution in [3.63, 3.8) is 0 Å². The molecule has 1 aromatic heterocycles. The summed E-state index contributed by atoms with van der Waals surface area (Å²) < 4.78 is 21.5. The minimum atomic E-state index is -0.928. The summed E-state index contributed by atoms with van der Waals surface area (Å²) in [4.78, 5) is 45.8. The van der Waals surface area contributed by atoms with Crippen molar-refractivity contribution in [2.24, 2.45) is 5.73 Å². The first-order valence-corrected chi connectivity index (χ1v) is 14.0. The molecule has 2 aromatic rings. The highest BCUT2D eigenvalue weighted by atomic mass is 16.5. The van der Waals surface area contributed by atoms with E-state index < -0.39 is 24.0 Å². The lowest BCUT2D eigenvalue weighted by molar-refractivity contribution is -0.149. The molecule has 2 aliphatic heterocycles. The van der Waals surface area contributed by atoms with Crippen molar-refractivity contribution in [2.45, 2.75) is 31.3 Å². The zero-order valence-electron chi connectivity index (χ0n) is 23.0. The van der Waals surface area contributed by atoms with E-state index in [1.54, 1.807) is 0 Å². The molecule has 0 spiro atoms. The van der Waals surface area contributed by atoms with Crippen molar-refractivity contribution in [3.05, 3.63) is 36.0 Å². The molecule has 12 nitrogen and oxygen atoms in total. The number of aromatic nitrogens is 1. The summed E-state index contributed by atoms with van der Waals surface area (Å²) in [5.41, 5.74) is 7.83. The van der Waals surface area contributed by atoms with E-state index in [-0.39, 0.29) is 38.4 Å². The number of aromatic amines is 1. The number of benzene rings is 1. The number of para-hydroxylation sites is 1. The smallest absolute Gasteiger partial charge is 0.329 e. The zero-order valence-corrected chi connectivity index (χ0v) is 23.0. The largest absolute Gasteiger partial charge is 0.463 e. The fourth-order valence-corrected chi connectivity index (χ4v) is 4.79. The molecule has 0 aliphatic carbocycles. The van der Waals surface area contributed by atoms with E-state index >= 15 is 0 Å². The Morgan fingerprint density at radius 3 is 2.17 bits per heavy atom. The van der Waals surface area contributed by atoms with Gasteiger partial charge in [0, 0.05) is 69.2 Å². The minimum Gasteiger partial charge on any atom is -0.463 e. The van der Waals surface area contributed by atoms with Gasteiger partial charge in [-0.25, -0.2) is 4.79 Å². The Kier molecular flexibility index (Phi) is 11.7. The molecule has 3 heterocycles. The average molecular weight is 560 g/mol. The highest BCUT2D eigenvalue weighted by Crippen LogP contribution is 2.19. The Labute approximate surface area is 234 Å². The van der Waals surface area contributed by atoms with Crippen LogP contribution in [0.15, 0.2) is 30.5 Å². The molecule has 220 valence electrons. The Bertz CT molecular complexity index is 1100. The molecular formula is C28H41N5O7. The number of H-pyrrole nitrogens is 1. The topological polar surface area (TPSA) is 148 Å². The van der Waals surface area contributed by atoms with Crippen LogP contribution in [0.2, 0.25) is 0 Å². The molecule has 1 unspecified atom stereocenters. The van der Waals surface area contributed by atoms with Gasteiger partial charge in [0.25, 0.3) is 0 Å². The van der Waals surface area contributed by atoms with Gasteiger partial charge in [0.1, 0.15) is 25.3 Å². The highest BCUT2D eigenvalue weighted by Gasteiger charge is 2.26. The second-order valence-corrected chi connectivity index (χ2v) is 10.1. The summed E-state index contributed by atoms with van der Waals surface area (Å²) >= 11 is 0. The Morgan fingerprint density at radius 2 is 1.52 bits per heavy atom.